The van der Waals surface area contributed by atoms with Crippen molar-refractivity contribution < 1.29 is 19.7 Å². The first-order chi connectivity index (χ1) is 13.5. The third-order valence-electron chi connectivity index (χ3n) is 5.19. The Kier molecular flexibility index (Phi) is 9.18. The lowest BCUT2D eigenvalue weighted by Gasteiger charge is -2.32. The van der Waals surface area contributed by atoms with Crippen molar-refractivity contribution in [3.63, 3.8) is 0 Å². The van der Waals surface area contributed by atoms with Crippen molar-refractivity contribution in [3.05, 3.63) is 66.3 Å². The van der Waals surface area contributed by atoms with Gasteiger partial charge < -0.3 is 14.9 Å². The molecule has 2 rings (SSSR count). The lowest BCUT2D eigenvalue weighted by atomic mass is 9.85. The van der Waals surface area contributed by atoms with E-state index in [0.29, 0.717) is 12.8 Å². The smallest absolute Gasteiger partial charge is 0.330 e. The van der Waals surface area contributed by atoms with Crippen LogP contribution in [0.1, 0.15) is 45.1 Å². The van der Waals surface area contributed by atoms with Crippen LogP contribution in [0, 0.1) is 11.8 Å². The second-order valence-corrected chi connectivity index (χ2v) is 7.50. The van der Waals surface area contributed by atoms with E-state index in [9.17, 15) is 15.0 Å². The third kappa shape index (κ3) is 7.45. The molecule has 5 atom stereocenters. The monoisotopic (exact) mass is 384 g/mol. The number of aliphatic hydroxyl groups is 2. The van der Waals surface area contributed by atoms with Crippen molar-refractivity contribution in [2.75, 3.05) is 0 Å². The van der Waals surface area contributed by atoms with Crippen LogP contribution >= 0.6 is 0 Å². The number of benzene rings is 1. The third-order valence-corrected chi connectivity index (χ3v) is 5.19. The topological polar surface area (TPSA) is 66.8 Å². The van der Waals surface area contributed by atoms with E-state index < -0.39 is 12.2 Å². The molecule has 0 radical (unpaired) electrons. The minimum atomic E-state index is -0.690. The van der Waals surface area contributed by atoms with Crippen molar-refractivity contribution >= 4 is 12.0 Å². The molecule has 0 unspecified atom stereocenters. The minimum Gasteiger partial charge on any atom is -0.458 e. The second kappa shape index (κ2) is 11.6. The van der Waals surface area contributed by atoms with Gasteiger partial charge in [-0.15, -0.1) is 0 Å². The summed E-state index contributed by atoms with van der Waals surface area (Å²) in [6.07, 6.45) is 11.9. The summed E-state index contributed by atoms with van der Waals surface area (Å²) in [5, 5.41) is 20.3. The molecule has 0 saturated carbocycles. The Bertz CT molecular complexity index is 677. The zero-order chi connectivity index (χ0) is 20.4. The van der Waals surface area contributed by atoms with Crippen LogP contribution in [0.5, 0.6) is 0 Å². The molecular weight excluding hydrogens is 352 g/mol. The van der Waals surface area contributed by atoms with Crippen LogP contribution in [0.3, 0.4) is 0 Å². The summed E-state index contributed by atoms with van der Waals surface area (Å²) in [6, 6.07) is 9.94. The molecule has 1 heterocycles. The van der Waals surface area contributed by atoms with Crippen LogP contribution in [-0.2, 0) is 9.53 Å². The van der Waals surface area contributed by atoms with E-state index in [0.717, 1.165) is 18.4 Å². The summed E-state index contributed by atoms with van der Waals surface area (Å²) in [4.78, 5) is 11.5. The first kappa shape index (κ1) is 22.1. The highest BCUT2D eigenvalue weighted by molar-refractivity contribution is 5.83. The summed E-state index contributed by atoms with van der Waals surface area (Å²) in [7, 11) is 0. The molecule has 0 aliphatic carbocycles. The molecule has 0 saturated heterocycles. The van der Waals surface area contributed by atoms with Crippen LogP contribution in [0.25, 0.3) is 6.08 Å². The molecule has 0 bridgehead atoms. The number of hydrogen-bond acceptors (Lipinski definition) is 4. The molecule has 1 aliphatic heterocycles. The van der Waals surface area contributed by atoms with Crippen molar-refractivity contribution in [1.29, 1.82) is 0 Å². The van der Waals surface area contributed by atoms with Crippen molar-refractivity contribution in [2.24, 2.45) is 11.8 Å². The van der Waals surface area contributed by atoms with E-state index in [1.165, 1.54) is 6.08 Å². The summed E-state index contributed by atoms with van der Waals surface area (Å²) in [5.74, 6) is 0.107. The Morgan fingerprint density at radius 3 is 2.61 bits per heavy atom. The van der Waals surface area contributed by atoms with Crippen LogP contribution < -0.4 is 0 Å². The van der Waals surface area contributed by atoms with E-state index in [-0.39, 0.29) is 23.9 Å². The molecule has 0 aromatic heterocycles. The van der Waals surface area contributed by atoms with Crippen LogP contribution in [0.15, 0.2) is 60.7 Å². The van der Waals surface area contributed by atoms with E-state index in [1.807, 2.05) is 48.6 Å². The highest BCUT2D eigenvalue weighted by Gasteiger charge is 2.30. The molecule has 1 aromatic rings. The maximum Gasteiger partial charge on any atom is 0.330 e. The van der Waals surface area contributed by atoms with Crippen LogP contribution in [0.4, 0.5) is 0 Å². The Morgan fingerprint density at radius 1 is 1.14 bits per heavy atom. The van der Waals surface area contributed by atoms with Gasteiger partial charge in [-0.2, -0.15) is 0 Å². The fraction of sp³-hybridized carbons (Fsp3) is 0.458. The largest absolute Gasteiger partial charge is 0.458 e. The summed E-state index contributed by atoms with van der Waals surface area (Å²) >= 11 is 0. The van der Waals surface area contributed by atoms with Crippen LogP contribution in [0.2, 0.25) is 0 Å². The molecule has 0 fully saturated rings. The maximum absolute atomic E-state index is 11.5. The van der Waals surface area contributed by atoms with Gasteiger partial charge >= 0.3 is 5.97 Å². The molecule has 2 N–H and O–H groups in total. The number of esters is 1. The predicted octanol–water partition coefficient (Wildman–Crippen LogP) is 4.29. The SMILES string of the molecule is CC[C@@H]1C=CC(=O)O[C@@H]1[C@H](C)CC[C@@H](O)C[C@H](O)C=CC=Cc1ccccc1. The van der Waals surface area contributed by atoms with Gasteiger partial charge in [0.25, 0.3) is 0 Å². The van der Waals surface area contributed by atoms with Gasteiger partial charge in [0.15, 0.2) is 0 Å². The number of cyclic esters (lactones) is 1. The number of carbonyl (C=O) groups is 1. The molecule has 0 amide bonds. The highest BCUT2D eigenvalue weighted by Crippen LogP contribution is 2.28. The number of ether oxygens (including phenoxy) is 1. The number of hydrogen-bond donors (Lipinski definition) is 2. The Morgan fingerprint density at radius 2 is 1.89 bits per heavy atom. The number of carbonyl (C=O) groups excluding carboxylic acids is 1. The Labute approximate surface area is 168 Å². The lowest BCUT2D eigenvalue weighted by Crippen LogP contribution is -2.34. The highest BCUT2D eigenvalue weighted by atomic mass is 16.5. The number of rotatable bonds is 10. The fourth-order valence-electron chi connectivity index (χ4n) is 3.50. The Hall–Kier alpha value is -2.17. The van der Waals surface area contributed by atoms with Gasteiger partial charge in [0, 0.05) is 18.4 Å². The predicted molar refractivity (Wildman–Crippen MR) is 112 cm³/mol. The summed E-state index contributed by atoms with van der Waals surface area (Å²) < 4.78 is 5.49. The van der Waals surface area contributed by atoms with Gasteiger partial charge in [0.05, 0.1) is 12.2 Å². The van der Waals surface area contributed by atoms with E-state index in [1.54, 1.807) is 12.2 Å². The average Bonchev–Trinajstić information content (AvgIpc) is 2.70. The fourth-order valence-corrected chi connectivity index (χ4v) is 3.50. The van der Waals surface area contributed by atoms with Crippen molar-refractivity contribution in [1.82, 2.24) is 0 Å². The molecule has 0 spiro atoms. The van der Waals surface area contributed by atoms with Gasteiger partial charge in [-0.25, -0.2) is 4.79 Å². The molecule has 1 aromatic carbocycles. The quantitative estimate of drug-likeness (QED) is 0.466. The van der Waals surface area contributed by atoms with Gasteiger partial charge in [0.2, 0.25) is 0 Å². The normalized spacial score (nSPS) is 23.1. The molecule has 4 nitrogen and oxygen atoms in total. The summed E-state index contributed by atoms with van der Waals surface area (Å²) in [5.41, 5.74) is 1.10. The molecule has 1 aliphatic rings. The van der Waals surface area contributed by atoms with Crippen molar-refractivity contribution in [3.8, 4) is 0 Å². The van der Waals surface area contributed by atoms with Gasteiger partial charge in [-0.1, -0.05) is 74.6 Å². The van der Waals surface area contributed by atoms with Gasteiger partial charge in [0.1, 0.15) is 6.10 Å². The van der Waals surface area contributed by atoms with Crippen molar-refractivity contribution in [2.45, 2.75) is 57.8 Å². The van der Waals surface area contributed by atoms with Gasteiger partial charge in [-0.3, -0.25) is 0 Å². The zero-order valence-electron chi connectivity index (χ0n) is 16.8. The summed E-state index contributed by atoms with van der Waals surface area (Å²) in [6.45, 7) is 4.13. The van der Waals surface area contributed by atoms with E-state index >= 15 is 0 Å². The number of aliphatic hydroxyl groups excluding tert-OH is 2. The number of allylic oxidation sites excluding steroid dienone is 2. The molecule has 152 valence electrons. The molecular formula is C24H32O4. The lowest BCUT2D eigenvalue weighted by molar-refractivity contribution is -0.150. The van der Waals surface area contributed by atoms with Gasteiger partial charge in [-0.05, 0) is 30.7 Å². The second-order valence-electron chi connectivity index (χ2n) is 7.50. The first-order valence-corrected chi connectivity index (χ1v) is 10.1. The minimum absolute atomic E-state index is 0.136. The molecule has 4 heteroatoms. The Balaban J connectivity index is 1.73. The standard InChI is InChI=1S/C24H32O4/c1-3-20-14-16-23(27)28-24(20)18(2)13-15-22(26)17-21(25)12-8-7-11-19-9-5-4-6-10-19/h4-12,14,16,18,20-22,24-26H,3,13,15,17H2,1-2H3/t18-,20-,21-,22-,24-/m1/s1. The van der Waals surface area contributed by atoms with E-state index in [4.69, 9.17) is 4.74 Å². The zero-order valence-corrected chi connectivity index (χ0v) is 16.8. The first-order valence-electron chi connectivity index (χ1n) is 10.1. The van der Waals surface area contributed by atoms with E-state index in [2.05, 4.69) is 13.8 Å². The average molecular weight is 385 g/mol. The van der Waals surface area contributed by atoms with Crippen LogP contribution in [-0.4, -0.2) is 34.5 Å². The maximum atomic E-state index is 11.5. The molecule has 28 heavy (non-hydrogen) atoms.